The average Bonchev–Trinajstić information content (AvgIpc) is 2.85. The van der Waals surface area contributed by atoms with Gasteiger partial charge in [-0.2, -0.15) is 0 Å². The summed E-state index contributed by atoms with van der Waals surface area (Å²) in [5, 5.41) is 10.7. The third-order valence-corrected chi connectivity index (χ3v) is 6.01. The lowest BCUT2D eigenvalue weighted by Crippen LogP contribution is -2.38. The molecule has 0 radical (unpaired) electrons. The van der Waals surface area contributed by atoms with Gasteiger partial charge in [0.2, 0.25) is 0 Å². The normalized spacial score (nSPS) is 21.3. The van der Waals surface area contributed by atoms with Gasteiger partial charge in [-0.25, -0.2) is 4.98 Å². The van der Waals surface area contributed by atoms with Gasteiger partial charge in [-0.1, -0.05) is 25.7 Å². The first-order valence-corrected chi connectivity index (χ1v) is 8.98. The lowest BCUT2D eigenvalue weighted by Gasteiger charge is -2.33. The van der Waals surface area contributed by atoms with Crippen molar-refractivity contribution < 1.29 is 5.11 Å². The molecule has 1 aromatic rings. The SMILES string of the molecule is OCCN(Cc1cnc(C2CCC2)s1)C1CCCCC1. The van der Waals surface area contributed by atoms with Gasteiger partial charge in [-0.15, -0.1) is 11.3 Å². The summed E-state index contributed by atoms with van der Waals surface area (Å²) in [5.74, 6) is 0.745. The van der Waals surface area contributed by atoms with Crippen LogP contribution in [-0.2, 0) is 6.54 Å². The topological polar surface area (TPSA) is 36.4 Å². The molecule has 1 heterocycles. The van der Waals surface area contributed by atoms with E-state index in [1.165, 1.54) is 61.3 Å². The Morgan fingerprint density at radius 1 is 1.15 bits per heavy atom. The zero-order valence-electron chi connectivity index (χ0n) is 12.3. The Morgan fingerprint density at radius 2 is 1.95 bits per heavy atom. The molecule has 1 aromatic heterocycles. The van der Waals surface area contributed by atoms with E-state index < -0.39 is 0 Å². The molecule has 20 heavy (non-hydrogen) atoms. The zero-order valence-corrected chi connectivity index (χ0v) is 13.1. The van der Waals surface area contributed by atoms with Crippen molar-refractivity contribution >= 4 is 11.3 Å². The molecule has 0 amide bonds. The quantitative estimate of drug-likeness (QED) is 0.872. The summed E-state index contributed by atoms with van der Waals surface area (Å²) in [7, 11) is 0. The molecule has 1 N–H and O–H groups in total. The third-order valence-electron chi connectivity index (χ3n) is 4.86. The first kappa shape index (κ1) is 14.5. The highest BCUT2D eigenvalue weighted by molar-refractivity contribution is 7.11. The summed E-state index contributed by atoms with van der Waals surface area (Å²) in [4.78, 5) is 8.49. The van der Waals surface area contributed by atoms with E-state index in [1.54, 1.807) is 0 Å². The largest absolute Gasteiger partial charge is 0.395 e. The van der Waals surface area contributed by atoms with Crippen molar-refractivity contribution in [2.24, 2.45) is 0 Å². The van der Waals surface area contributed by atoms with Crippen molar-refractivity contribution in [1.29, 1.82) is 0 Å². The Bertz CT molecular complexity index is 410. The van der Waals surface area contributed by atoms with E-state index in [1.807, 2.05) is 11.3 Å². The second-order valence-corrected chi connectivity index (χ2v) is 7.43. The van der Waals surface area contributed by atoms with Crippen LogP contribution >= 0.6 is 11.3 Å². The highest BCUT2D eigenvalue weighted by Gasteiger charge is 2.24. The summed E-state index contributed by atoms with van der Waals surface area (Å²) in [5.41, 5.74) is 0. The molecule has 0 aromatic carbocycles. The number of hydrogen-bond donors (Lipinski definition) is 1. The number of nitrogens with zero attached hydrogens (tertiary/aromatic N) is 2. The maximum absolute atomic E-state index is 9.33. The number of aliphatic hydroxyl groups excluding tert-OH is 1. The predicted octanol–water partition coefficient (Wildman–Crippen LogP) is 3.54. The second kappa shape index (κ2) is 7.01. The van der Waals surface area contributed by atoms with Crippen LogP contribution in [0, 0.1) is 0 Å². The molecule has 3 nitrogen and oxygen atoms in total. The van der Waals surface area contributed by atoms with Crippen LogP contribution in [-0.4, -0.2) is 34.2 Å². The van der Waals surface area contributed by atoms with Crippen LogP contribution in [0.1, 0.15) is 67.2 Å². The molecule has 0 unspecified atom stereocenters. The first-order chi connectivity index (χ1) is 9.86. The molecule has 0 spiro atoms. The minimum absolute atomic E-state index is 0.269. The van der Waals surface area contributed by atoms with E-state index in [-0.39, 0.29) is 6.61 Å². The zero-order chi connectivity index (χ0) is 13.8. The van der Waals surface area contributed by atoms with Gasteiger partial charge in [0.1, 0.15) is 0 Å². The van der Waals surface area contributed by atoms with Gasteiger partial charge in [0, 0.05) is 36.1 Å². The standard InChI is InChI=1S/C16H26N2OS/c19-10-9-18(14-7-2-1-3-8-14)12-15-11-17-16(20-15)13-5-4-6-13/h11,13-14,19H,1-10,12H2. The lowest BCUT2D eigenvalue weighted by atomic mass is 9.86. The second-order valence-electron chi connectivity index (χ2n) is 6.28. The van der Waals surface area contributed by atoms with Crippen LogP contribution in [0.3, 0.4) is 0 Å². The van der Waals surface area contributed by atoms with Crippen molar-refractivity contribution in [1.82, 2.24) is 9.88 Å². The van der Waals surface area contributed by atoms with Crippen LogP contribution in [0.5, 0.6) is 0 Å². The van der Waals surface area contributed by atoms with Crippen LogP contribution in [0.15, 0.2) is 6.20 Å². The first-order valence-electron chi connectivity index (χ1n) is 8.16. The van der Waals surface area contributed by atoms with E-state index in [4.69, 9.17) is 0 Å². The molecular formula is C16H26N2OS. The molecule has 0 saturated heterocycles. The fourth-order valence-electron chi connectivity index (χ4n) is 3.41. The summed E-state index contributed by atoms with van der Waals surface area (Å²) in [6.07, 6.45) is 12.8. The summed E-state index contributed by atoms with van der Waals surface area (Å²) >= 11 is 1.90. The third kappa shape index (κ3) is 3.41. The van der Waals surface area contributed by atoms with Crippen molar-refractivity contribution in [2.45, 2.75) is 69.9 Å². The smallest absolute Gasteiger partial charge is 0.0959 e. The number of aliphatic hydroxyl groups is 1. The fourth-order valence-corrected chi connectivity index (χ4v) is 4.52. The monoisotopic (exact) mass is 294 g/mol. The molecular weight excluding hydrogens is 268 g/mol. The van der Waals surface area contributed by atoms with Crippen LogP contribution in [0.25, 0.3) is 0 Å². The Kier molecular flexibility index (Phi) is 5.08. The number of thiazole rings is 1. The minimum atomic E-state index is 0.269. The van der Waals surface area contributed by atoms with Crippen LogP contribution in [0.4, 0.5) is 0 Å². The molecule has 2 saturated carbocycles. The Morgan fingerprint density at radius 3 is 2.60 bits per heavy atom. The molecule has 2 fully saturated rings. The van der Waals surface area contributed by atoms with Gasteiger partial charge in [-0.05, 0) is 25.7 Å². The van der Waals surface area contributed by atoms with Crippen LogP contribution < -0.4 is 0 Å². The molecule has 2 aliphatic carbocycles. The van der Waals surface area contributed by atoms with Crippen molar-refractivity contribution in [2.75, 3.05) is 13.2 Å². The molecule has 0 atom stereocenters. The van der Waals surface area contributed by atoms with Crippen molar-refractivity contribution in [3.05, 3.63) is 16.1 Å². The Labute approximate surface area is 126 Å². The van der Waals surface area contributed by atoms with Gasteiger partial charge in [0.05, 0.1) is 11.6 Å². The molecule has 2 aliphatic rings. The van der Waals surface area contributed by atoms with Gasteiger partial charge in [-0.3, -0.25) is 4.90 Å². The van der Waals surface area contributed by atoms with E-state index in [0.29, 0.717) is 6.04 Å². The maximum atomic E-state index is 9.33. The number of rotatable bonds is 6. The molecule has 4 heteroatoms. The van der Waals surface area contributed by atoms with Gasteiger partial charge in [0.25, 0.3) is 0 Å². The van der Waals surface area contributed by atoms with Crippen LogP contribution in [0.2, 0.25) is 0 Å². The van der Waals surface area contributed by atoms with E-state index in [9.17, 15) is 5.11 Å². The summed E-state index contributed by atoms with van der Waals surface area (Å²) in [6, 6.07) is 0.671. The Hall–Kier alpha value is -0.450. The van der Waals surface area contributed by atoms with Crippen molar-refractivity contribution in [3.8, 4) is 0 Å². The van der Waals surface area contributed by atoms with Gasteiger partial charge in [0.15, 0.2) is 0 Å². The van der Waals surface area contributed by atoms with E-state index in [0.717, 1.165) is 19.0 Å². The highest BCUT2D eigenvalue weighted by Crippen LogP contribution is 2.38. The summed E-state index contributed by atoms with van der Waals surface area (Å²) in [6.45, 7) is 2.06. The Balaban J connectivity index is 1.61. The average molecular weight is 294 g/mol. The maximum Gasteiger partial charge on any atom is 0.0959 e. The number of hydrogen-bond acceptors (Lipinski definition) is 4. The fraction of sp³-hybridized carbons (Fsp3) is 0.812. The van der Waals surface area contributed by atoms with Gasteiger partial charge < -0.3 is 5.11 Å². The van der Waals surface area contributed by atoms with E-state index in [2.05, 4.69) is 16.1 Å². The predicted molar refractivity (Wildman–Crippen MR) is 83.1 cm³/mol. The van der Waals surface area contributed by atoms with Crippen molar-refractivity contribution in [3.63, 3.8) is 0 Å². The van der Waals surface area contributed by atoms with Gasteiger partial charge >= 0.3 is 0 Å². The molecule has 0 aliphatic heterocycles. The summed E-state index contributed by atoms with van der Waals surface area (Å²) < 4.78 is 0. The lowest BCUT2D eigenvalue weighted by molar-refractivity contribution is 0.118. The van der Waals surface area contributed by atoms with E-state index >= 15 is 0 Å². The minimum Gasteiger partial charge on any atom is -0.395 e. The molecule has 112 valence electrons. The molecule has 0 bridgehead atoms. The highest BCUT2D eigenvalue weighted by atomic mass is 32.1. The number of aromatic nitrogens is 1. The molecule has 3 rings (SSSR count).